The van der Waals surface area contributed by atoms with E-state index in [2.05, 4.69) is 0 Å². The second-order valence-corrected chi connectivity index (χ2v) is 4.21. The van der Waals surface area contributed by atoms with Crippen molar-refractivity contribution in [1.29, 1.82) is 0 Å². The fourth-order valence-corrected chi connectivity index (χ4v) is 2.32. The van der Waals surface area contributed by atoms with Crippen LogP contribution in [0.15, 0.2) is 23.0 Å². The van der Waals surface area contributed by atoms with Gasteiger partial charge in [0.1, 0.15) is 0 Å². The second-order valence-electron chi connectivity index (χ2n) is 4.21. The van der Waals surface area contributed by atoms with E-state index >= 15 is 0 Å². The predicted molar refractivity (Wildman–Crippen MR) is 50.5 cm³/mol. The van der Waals surface area contributed by atoms with Crippen molar-refractivity contribution in [3.05, 3.63) is 24.2 Å². The maximum absolute atomic E-state index is 10.2. The van der Waals surface area contributed by atoms with E-state index in [0.717, 1.165) is 24.8 Å². The van der Waals surface area contributed by atoms with E-state index in [1.807, 2.05) is 13.0 Å². The summed E-state index contributed by atoms with van der Waals surface area (Å²) in [5, 5.41) is 10.2. The van der Waals surface area contributed by atoms with Crippen LogP contribution >= 0.6 is 0 Å². The van der Waals surface area contributed by atoms with Crippen molar-refractivity contribution < 1.29 is 9.52 Å². The van der Waals surface area contributed by atoms with Gasteiger partial charge in [-0.2, -0.15) is 0 Å². The molecular weight excluding hydrogens is 164 g/mol. The summed E-state index contributed by atoms with van der Waals surface area (Å²) in [6.45, 7) is 1.93. The van der Waals surface area contributed by atoms with E-state index < -0.39 is 5.60 Å². The number of aliphatic hydroxyl groups is 1. The van der Waals surface area contributed by atoms with Crippen LogP contribution in [-0.2, 0) is 0 Å². The number of hydrogen-bond acceptors (Lipinski definition) is 2. The first-order valence-corrected chi connectivity index (χ1v) is 4.94. The molecule has 0 amide bonds. The first kappa shape index (κ1) is 8.82. The minimum atomic E-state index is -0.540. The van der Waals surface area contributed by atoms with Gasteiger partial charge in [0.25, 0.3) is 0 Å². The Morgan fingerprint density at radius 3 is 3.00 bits per heavy atom. The Morgan fingerprint density at radius 1 is 1.54 bits per heavy atom. The molecule has 13 heavy (non-hydrogen) atoms. The van der Waals surface area contributed by atoms with Crippen LogP contribution in [0.2, 0.25) is 0 Å². The highest BCUT2D eigenvalue weighted by molar-refractivity contribution is 5.17. The van der Waals surface area contributed by atoms with Gasteiger partial charge >= 0.3 is 0 Å². The van der Waals surface area contributed by atoms with Crippen molar-refractivity contribution in [3.8, 4) is 0 Å². The van der Waals surface area contributed by atoms with Crippen LogP contribution in [0.4, 0.5) is 0 Å². The summed E-state index contributed by atoms with van der Waals surface area (Å²) in [6, 6.07) is 1.96. The SMILES string of the molecule is CC1(O)CCCCC1c1ccoc1. The van der Waals surface area contributed by atoms with Gasteiger partial charge in [0.2, 0.25) is 0 Å². The lowest BCUT2D eigenvalue weighted by Crippen LogP contribution is -2.35. The molecule has 1 fully saturated rings. The molecule has 0 bridgehead atoms. The van der Waals surface area contributed by atoms with Crippen LogP contribution in [0.5, 0.6) is 0 Å². The van der Waals surface area contributed by atoms with E-state index in [1.165, 1.54) is 6.42 Å². The van der Waals surface area contributed by atoms with Crippen LogP contribution in [0, 0.1) is 0 Å². The normalized spacial score (nSPS) is 34.8. The van der Waals surface area contributed by atoms with Gasteiger partial charge in [-0.05, 0) is 31.4 Å². The Labute approximate surface area is 78.6 Å². The molecule has 1 heterocycles. The smallest absolute Gasteiger partial charge is 0.0938 e. The van der Waals surface area contributed by atoms with Crippen molar-refractivity contribution in [3.63, 3.8) is 0 Å². The van der Waals surface area contributed by atoms with Crippen molar-refractivity contribution in [2.45, 2.75) is 44.1 Å². The molecule has 1 aromatic heterocycles. The fraction of sp³-hybridized carbons (Fsp3) is 0.636. The fourth-order valence-electron chi connectivity index (χ4n) is 2.32. The maximum atomic E-state index is 10.2. The summed E-state index contributed by atoms with van der Waals surface area (Å²) in [4.78, 5) is 0. The van der Waals surface area contributed by atoms with Crippen LogP contribution < -0.4 is 0 Å². The molecule has 2 nitrogen and oxygen atoms in total. The zero-order valence-electron chi connectivity index (χ0n) is 7.99. The van der Waals surface area contributed by atoms with Crippen LogP contribution in [-0.4, -0.2) is 10.7 Å². The Kier molecular flexibility index (Phi) is 2.16. The van der Waals surface area contributed by atoms with Crippen molar-refractivity contribution in [1.82, 2.24) is 0 Å². The topological polar surface area (TPSA) is 33.4 Å². The molecule has 0 radical (unpaired) electrons. The van der Waals surface area contributed by atoms with Crippen molar-refractivity contribution in [2.24, 2.45) is 0 Å². The summed E-state index contributed by atoms with van der Waals surface area (Å²) >= 11 is 0. The zero-order chi connectivity index (χ0) is 9.31. The molecule has 2 rings (SSSR count). The maximum Gasteiger partial charge on any atom is 0.0938 e. The molecule has 2 heteroatoms. The average Bonchev–Trinajstić information content (AvgIpc) is 2.55. The average molecular weight is 180 g/mol. The van der Waals surface area contributed by atoms with E-state index in [1.54, 1.807) is 12.5 Å². The molecule has 0 aromatic carbocycles. The monoisotopic (exact) mass is 180 g/mol. The Hall–Kier alpha value is -0.760. The van der Waals surface area contributed by atoms with Gasteiger partial charge in [0.05, 0.1) is 18.1 Å². The van der Waals surface area contributed by atoms with E-state index in [-0.39, 0.29) is 5.92 Å². The Bertz CT molecular complexity index is 262. The molecule has 0 aliphatic heterocycles. The van der Waals surface area contributed by atoms with Crippen molar-refractivity contribution in [2.75, 3.05) is 0 Å². The molecule has 1 aromatic rings. The number of rotatable bonds is 1. The predicted octanol–water partition coefficient (Wildman–Crippen LogP) is 2.69. The lowest BCUT2D eigenvalue weighted by atomic mass is 9.74. The summed E-state index contributed by atoms with van der Waals surface area (Å²) < 4.78 is 5.05. The highest BCUT2D eigenvalue weighted by atomic mass is 16.3. The van der Waals surface area contributed by atoms with Gasteiger partial charge in [-0.1, -0.05) is 12.8 Å². The molecule has 1 aliphatic rings. The highest BCUT2D eigenvalue weighted by Crippen LogP contribution is 2.40. The van der Waals surface area contributed by atoms with Crippen molar-refractivity contribution >= 4 is 0 Å². The van der Waals surface area contributed by atoms with Crippen LogP contribution in [0.1, 0.15) is 44.1 Å². The molecule has 2 atom stereocenters. The highest BCUT2D eigenvalue weighted by Gasteiger charge is 2.35. The van der Waals surface area contributed by atoms with E-state index in [0.29, 0.717) is 0 Å². The van der Waals surface area contributed by atoms with Gasteiger partial charge < -0.3 is 9.52 Å². The van der Waals surface area contributed by atoms with Crippen LogP contribution in [0.3, 0.4) is 0 Å². The van der Waals surface area contributed by atoms with Gasteiger partial charge in [-0.25, -0.2) is 0 Å². The minimum absolute atomic E-state index is 0.264. The molecule has 1 N–H and O–H groups in total. The van der Waals surface area contributed by atoms with Gasteiger partial charge in [0.15, 0.2) is 0 Å². The molecule has 0 saturated heterocycles. The molecule has 2 unspecified atom stereocenters. The van der Waals surface area contributed by atoms with Crippen LogP contribution in [0.25, 0.3) is 0 Å². The third-order valence-electron chi connectivity index (χ3n) is 3.12. The second kappa shape index (κ2) is 3.18. The minimum Gasteiger partial charge on any atom is -0.472 e. The lowest BCUT2D eigenvalue weighted by Gasteiger charge is -2.36. The molecule has 1 aliphatic carbocycles. The van der Waals surface area contributed by atoms with Gasteiger partial charge in [-0.3, -0.25) is 0 Å². The first-order chi connectivity index (χ1) is 6.20. The third kappa shape index (κ3) is 1.63. The Morgan fingerprint density at radius 2 is 2.38 bits per heavy atom. The number of hydrogen-bond donors (Lipinski definition) is 1. The lowest BCUT2D eigenvalue weighted by molar-refractivity contribution is 0.000480. The first-order valence-electron chi connectivity index (χ1n) is 4.94. The Balaban J connectivity index is 2.21. The third-order valence-corrected chi connectivity index (χ3v) is 3.12. The molecule has 1 saturated carbocycles. The molecule has 0 spiro atoms. The summed E-state index contributed by atoms with van der Waals surface area (Å²) in [5.74, 6) is 0.264. The molecule has 72 valence electrons. The quantitative estimate of drug-likeness (QED) is 0.720. The zero-order valence-corrected chi connectivity index (χ0v) is 7.99. The van der Waals surface area contributed by atoms with Gasteiger partial charge in [-0.15, -0.1) is 0 Å². The summed E-state index contributed by atoms with van der Waals surface area (Å²) in [5.41, 5.74) is 0.604. The molecular formula is C11H16O2. The number of furan rings is 1. The van der Waals surface area contributed by atoms with E-state index in [9.17, 15) is 5.11 Å². The van der Waals surface area contributed by atoms with E-state index in [4.69, 9.17) is 4.42 Å². The standard InChI is InChI=1S/C11H16O2/c1-11(12)6-3-2-4-10(11)9-5-7-13-8-9/h5,7-8,10,12H,2-4,6H2,1H3. The van der Waals surface area contributed by atoms with Gasteiger partial charge in [0, 0.05) is 5.92 Å². The summed E-state index contributed by atoms with van der Waals surface area (Å²) in [6.07, 6.45) is 7.77. The largest absolute Gasteiger partial charge is 0.472 e. The summed E-state index contributed by atoms with van der Waals surface area (Å²) in [7, 11) is 0.